The van der Waals surface area contributed by atoms with Crippen LogP contribution in [-0.2, 0) is 22.6 Å². The van der Waals surface area contributed by atoms with Crippen LogP contribution in [0.5, 0.6) is 0 Å². The lowest BCUT2D eigenvalue weighted by Crippen LogP contribution is -2.52. The molecule has 0 aromatic heterocycles. The van der Waals surface area contributed by atoms with Gasteiger partial charge >= 0.3 is 0 Å². The third-order valence-electron chi connectivity index (χ3n) is 5.95. The molecule has 5 rings (SSSR count). The van der Waals surface area contributed by atoms with Gasteiger partial charge in [-0.05, 0) is 60.4 Å². The summed E-state index contributed by atoms with van der Waals surface area (Å²) in [5.74, 6) is -1.62. The van der Waals surface area contributed by atoms with Crippen LogP contribution in [0.15, 0.2) is 36.4 Å². The van der Waals surface area contributed by atoms with Crippen molar-refractivity contribution in [2.45, 2.75) is 31.8 Å². The Morgan fingerprint density at radius 2 is 1.87 bits per heavy atom. The Bertz CT molecular complexity index is 1130. The van der Waals surface area contributed by atoms with Crippen LogP contribution in [0.25, 0.3) is 0 Å². The number of halogens is 1. The number of imide groups is 1. The summed E-state index contributed by atoms with van der Waals surface area (Å²) >= 11 is 0. The Hall–Kier alpha value is -3.55. The Balaban J connectivity index is 1.39. The molecule has 1 atom stereocenters. The number of carbonyl (C=O) groups excluding carboxylic acids is 4. The lowest BCUT2D eigenvalue weighted by atomic mass is 10.0. The molecule has 0 bridgehead atoms. The van der Waals surface area contributed by atoms with Crippen molar-refractivity contribution >= 4 is 29.3 Å². The van der Waals surface area contributed by atoms with Gasteiger partial charge in [-0.25, -0.2) is 4.39 Å². The molecule has 0 saturated carbocycles. The minimum Gasteiger partial charge on any atom is -0.322 e. The second-order valence-corrected chi connectivity index (χ2v) is 7.75. The molecule has 2 aromatic rings. The normalized spacial score (nSPS) is 20.3. The minimum atomic E-state index is -0.692. The molecule has 4 amide bonds. The van der Waals surface area contributed by atoms with Crippen molar-refractivity contribution < 1.29 is 23.6 Å². The van der Waals surface area contributed by atoms with Crippen molar-refractivity contribution in [3.05, 3.63) is 64.5 Å². The molecule has 8 heteroatoms. The molecule has 0 aliphatic carbocycles. The number of anilines is 1. The number of amides is 4. The zero-order chi connectivity index (χ0) is 21.0. The quantitative estimate of drug-likeness (QED) is 0.769. The Labute approximate surface area is 171 Å². The molecule has 1 saturated heterocycles. The number of piperidine rings is 1. The molecule has 30 heavy (non-hydrogen) atoms. The Kier molecular flexibility index (Phi) is 4.16. The van der Waals surface area contributed by atoms with Gasteiger partial charge < -0.3 is 9.80 Å². The van der Waals surface area contributed by atoms with Crippen molar-refractivity contribution in [3.8, 4) is 0 Å². The smallest absolute Gasteiger partial charge is 0.258 e. The molecule has 3 heterocycles. The topological polar surface area (TPSA) is 86.8 Å². The number of hydrogen-bond donors (Lipinski definition) is 1. The van der Waals surface area contributed by atoms with Gasteiger partial charge in [-0.3, -0.25) is 24.5 Å². The fourth-order valence-electron chi connectivity index (χ4n) is 4.44. The van der Waals surface area contributed by atoms with E-state index in [2.05, 4.69) is 5.32 Å². The van der Waals surface area contributed by atoms with E-state index in [0.717, 1.165) is 5.56 Å². The predicted molar refractivity (Wildman–Crippen MR) is 104 cm³/mol. The SMILES string of the molecule is O=C1CCC(N2Cc3cc(C(=O)N4CCc5cc(F)ccc54)ccc3C2=O)C(=O)N1. The maximum atomic E-state index is 13.5. The van der Waals surface area contributed by atoms with Crippen molar-refractivity contribution in [2.75, 3.05) is 11.4 Å². The number of carbonyl (C=O) groups is 4. The van der Waals surface area contributed by atoms with Gasteiger partial charge in [0.2, 0.25) is 11.8 Å². The molecule has 1 fully saturated rings. The van der Waals surface area contributed by atoms with Crippen LogP contribution in [0.3, 0.4) is 0 Å². The second-order valence-electron chi connectivity index (χ2n) is 7.75. The van der Waals surface area contributed by atoms with E-state index in [1.54, 1.807) is 29.2 Å². The molecule has 1 N–H and O–H groups in total. The maximum Gasteiger partial charge on any atom is 0.258 e. The highest BCUT2D eigenvalue weighted by atomic mass is 19.1. The average Bonchev–Trinajstić information content (AvgIpc) is 3.28. The second kappa shape index (κ2) is 6.76. The van der Waals surface area contributed by atoms with Crippen molar-refractivity contribution in [3.63, 3.8) is 0 Å². The summed E-state index contributed by atoms with van der Waals surface area (Å²) in [5.41, 5.74) is 3.06. The number of benzene rings is 2. The number of fused-ring (bicyclic) bond motifs is 2. The van der Waals surface area contributed by atoms with E-state index in [1.807, 2.05) is 0 Å². The molecule has 3 aliphatic heterocycles. The van der Waals surface area contributed by atoms with Gasteiger partial charge in [-0.15, -0.1) is 0 Å². The predicted octanol–water partition coefficient (Wildman–Crippen LogP) is 1.79. The summed E-state index contributed by atoms with van der Waals surface area (Å²) in [5, 5.41) is 2.27. The summed E-state index contributed by atoms with van der Waals surface area (Å²) in [7, 11) is 0. The third-order valence-corrected chi connectivity index (χ3v) is 5.95. The fraction of sp³-hybridized carbons (Fsp3) is 0.273. The van der Waals surface area contributed by atoms with Crippen molar-refractivity contribution in [1.82, 2.24) is 10.2 Å². The lowest BCUT2D eigenvalue weighted by Gasteiger charge is -2.29. The Morgan fingerprint density at radius 3 is 2.67 bits per heavy atom. The first-order valence-electron chi connectivity index (χ1n) is 9.80. The molecular formula is C22H18FN3O4. The molecule has 152 valence electrons. The highest BCUT2D eigenvalue weighted by Gasteiger charge is 2.39. The van der Waals surface area contributed by atoms with Crippen LogP contribution < -0.4 is 10.2 Å². The standard InChI is InChI=1S/C22H18FN3O4/c23-15-2-4-17-12(10-15)7-8-25(17)21(29)13-1-3-16-14(9-13)11-26(22(16)30)18-5-6-19(27)24-20(18)28/h1-4,9-10,18H,5-8,11H2,(H,24,27,28). The summed E-state index contributed by atoms with van der Waals surface area (Å²) in [6.45, 7) is 0.680. The summed E-state index contributed by atoms with van der Waals surface area (Å²) in [6, 6.07) is 8.60. The lowest BCUT2D eigenvalue weighted by molar-refractivity contribution is -0.136. The first kappa shape index (κ1) is 18.5. The Morgan fingerprint density at radius 1 is 1.03 bits per heavy atom. The van der Waals surface area contributed by atoms with E-state index in [9.17, 15) is 23.6 Å². The summed E-state index contributed by atoms with van der Waals surface area (Å²) < 4.78 is 13.5. The van der Waals surface area contributed by atoms with Crippen molar-refractivity contribution in [2.24, 2.45) is 0 Å². The number of nitrogens with one attached hydrogen (secondary N) is 1. The number of hydrogen-bond acceptors (Lipinski definition) is 4. The van der Waals surface area contributed by atoms with Crippen LogP contribution in [0, 0.1) is 5.82 Å². The monoisotopic (exact) mass is 407 g/mol. The fourth-order valence-corrected chi connectivity index (χ4v) is 4.44. The summed E-state index contributed by atoms with van der Waals surface area (Å²) in [4.78, 5) is 52.5. The molecular weight excluding hydrogens is 389 g/mol. The largest absolute Gasteiger partial charge is 0.322 e. The first-order valence-corrected chi connectivity index (χ1v) is 9.80. The zero-order valence-corrected chi connectivity index (χ0v) is 16.0. The zero-order valence-electron chi connectivity index (χ0n) is 16.0. The highest BCUT2D eigenvalue weighted by molar-refractivity contribution is 6.09. The van der Waals surface area contributed by atoms with Gasteiger partial charge in [0.1, 0.15) is 11.9 Å². The van der Waals surface area contributed by atoms with E-state index in [-0.39, 0.29) is 42.9 Å². The van der Waals surface area contributed by atoms with Gasteiger partial charge in [-0.2, -0.15) is 0 Å². The van der Waals surface area contributed by atoms with E-state index >= 15 is 0 Å². The third kappa shape index (κ3) is 2.87. The molecule has 2 aromatic carbocycles. The molecule has 0 radical (unpaired) electrons. The maximum absolute atomic E-state index is 13.5. The number of rotatable bonds is 2. The average molecular weight is 407 g/mol. The van der Waals surface area contributed by atoms with Crippen LogP contribution in [-0.4, -0.2) is 41.1 Å². The molecule has 7 nitrogen and oxygen atoms in total. The van der Waals surface area contributed by atoms with Gasteiger partial charge in [0, 0.05) is 36.3 Å². The number of nitrogens with zero attached hydrogens (tertiary/aromatic N) is 2. The van der Waals surface area contributed by atoms with Gasteiger partial charge in [0.15, 0.2) is 0 Å². The van der Waals surface area contributed by atoms with Gasteiger partial charge in [-0.1, -0.05) is 0 Å². The summed E-state index contributed by atoms with van der Waals surface area (Å²) in [6.07, 6.45) is 1.07. The van der Waals surface area contributed by atoms with Crippen LogP contribution in [0.4, 0.5) is 10.1 Å². The van der Waals surface area contributed by atoms with Crippen LogP contribution in [0.1, 0.15) is 44.7 Å². The van der Waals surface area contributed by atoms with E-state index in [4.69, 9.17) is 0 Å². The first-order chi connectivity index (χ1) is 14.4. The van der Waals surface area contributed by atoms with Crippen LogP contribution in [0.2, 0.25) is 0 Å². The molecule has 1 unspecified atom stereocenters. The minimum absolute atomic E-state index is 0.190. The van der Waals surface area contributed by atoms with Gasteiger partial charge in [0.05, 0.1) is 0 Å². The van der Waals surface area contributed by atoms with E-state index < -0.39 is 11.9 Å². The van der Waals surface area contributed by atoms with Crippen LogP contribution >= 0.6 is 0 Å². The van der Waals surface area contributed by atoms with E-state index in [1.165, 1.54) is 17.0 Å². The van der Waals surface area contributed by atoms with E-state index in [0.29, 0.717) is 35.3 Å². The highest BCUT2D eigenvalue weighted by Crippen LogP contribution is 2.32. The van der Waals surface area contributed by atoms with Gasteiger partial charge in [0.25, 0.3) is 11.8 Å². The van der Waals surface area contributed by atoms with Crippen molar-refractivity contribution in [1.29, 1.82) is 0 Å². The molecule has 3 aliphatic rings. The molecule has 0 spiro atoms.